The highest BCUT2D eigenvalue weighted by Gasteiger charge is 2.22. The Balaban J connectivity index is 2.20. The maximum atomic E-state index is 6.30. The lowest BCUT2D eigenvalue weighted by Crippen LogP contribution is -2.35. The number of nitrogens with two attached hydrogens (primary N) is 1. The van der Waals surface area contributed by atoms with Crippen molar-refractivity contribution in [2.75, 3.05) is 0 Å². The van der Waals surface area contributed by atoms with Gasteiger partial charge in [0.25, 0.3) is 0 Å². The van der Waals surface area contributed by atoms with Gasteiger partial charge in [0.15, 0.2) is 0 Å². The molecule has 0 aliphatic heterocycles. The summed E-state index contributed by atoms with van der Waals surface area (Å²) in [6.45, 7) is 2.01. The van der Waals surface area contributed by atoms with E-state index in [-0.39, 0.29) is 0 Å². The van der Waals surface area contributed by atoms with E-state index in [2.05, 4.69) is 10.3 Å². The van der Waals surface area contributed by atoms with Crippen LogP contribution in [0.1, 0.15) is 18.2 Å². The van der Waals surface area contributed by atoms with Gasteiger partial charge in [0.1, 0.15) is 0 Å². The van der Waals surface area contributed by atoms with Crippen molar-refractivity contribution in [3.05, 3.63) is 47.8 Å². The van der Waals surface area contributed by atoms with Crippen LogP contribution in [0.4, 0.5) is 0 Å². The average Bonchev–Trinajstić information content (AvgIpc) is 2.64. The van der Waals surface area contributed by atoms with Gasteiger partial charge < -0.3 is 5.73 Å². The van der Waals surface area contributed by atoms with E-state index in [0.717, 1.165) is 11.3 Å². The SMILES string of the molecule is Cn1cc(CC(C)(N)c2ccccc2)nn1. The summed E-state index contributed by atoms with van der Waals surface area (Å²) in [5.74, 6) is 0. The van der Waals surface area contributed by atoms with Crippen molar-refractivity contribution in [1.82, 2.24) is 15.0 Å². The molecule has 2 rings (SSSR count). The largest absolute Gasteiger partial charge is 0.321 e. The van der Waals surface area contributed by atoms with Crippen molar-refractivity contribution in [2.24, 2.45) is 12.8 Å². The summed E-state index contributed by atoms with van der Waals surface area (Å²) in [4.78, 5) is 0. The highest BCUT2D eigenvalue weighted by Crippen LogP contribution is 2.21. The van der Waals surface area contributed by atoms with Gasteiger partial charge >= 0.3 is 0 Å². The van der Waals surface area contributed by atoms with E-state index in [1.54, 1.807) is 4.68 Å². The van der Waals surface area contributed by atoms with Crippen molar-refractivity contribution >= 4 is 0 Å². The molecule has 1 atom stereocenters. The lowest BCUT2D eigenvalue weighted by Gasteiger charge is -2.23. The maximum absolute atomic E-state index is 6.30. The Morgan fingerprint density at radius 2 is 2.00 bits per heavy atom. The molecular weight excluding hydrogens is 200 g/mol. The number of aromatic nitrogens is 3. The van der Waals surface area contributed by atoms with Crippen LogP contribution in [0.25, 0.3) is 0 Å². The molecule has 2 aromatic rings. The Morgan fingerprint density at radius 1 is 1.31 bits per heavy atom. The van der Waals surface area contributed by atoms with Crippen LogP contribution in [0.15, 0.2) is 36.5 Å². The molecule has 0 bridgehead atoms. The lowest BCUT2D eigenvalue weighted by atomic mass is 9.89. The zero-order chi connectivity index (χ0) is 11.6. The monoisotopic (exact) mass is 216 g/mol. The predicted octanol–water partition coefficient (Wildman–Crippen LogP) is 1.23. The summed E-state index contributed by atoms with van der Waals surface area (Å²) in [5, 5.41) is 7.96. The summed E-state index contributed by atoms with van der Waals surface area (Å²) in [6.07, 6.45) is 2.58. The molecule has 0 amide bonds. The molecule has 1 heterocycles. The number of hydrogen-bond donors (Lipinski definition) is 1. The summed E-state index contributed by atoms with van der Waals surface area (Å²) in [7, 11) is 1.85. The highest BCUT2D eigenvalue weighted by molar-refractivity contribution is 5.24. The van der Waals surface area contributed by atoms with E-state index in [0.29, 0.717) is 6.42 Å². The normalized spacial score (nSPS) is 14.7. The van der Waals surface area contributed by atoms with Gasteiger partial charge in [0.05, 0.1) is 5.69 Å². The van der Waals surface area contributed by atoms with E-state index in [1.165, 1.54) is 0 Å². The molecule has 0 aliphatic carbocycles. The number of nitrogens with zero attached hydrogens (tertiary/aromatic N) is 3. The Labute approximate surface area is 95.1 Å². The zero-order valence-corrected chi connectivity index (χ0v) is 9.59. The smallest absolute Gasteiger partial charge is 0.0848 e. The first kappa shape index (κ1) is 10.8. The number of aryl methyl sites for hydroxylation is 1. The van der Waals surface area contributed by atoms with Gasteiger partial charge in [-0.15, -0.1) is 5.10 Å². The minimum absolute atomic E-state index is 0.405. The first-order valence-corrected chi connectivity index (χ1v) is 5.27. The van der Waals surface area contributed by atoms with Gasteiger partial charge in [-0.25, -0.2) is 0 Å². The minimum atomic E-state index is -0.405. The summed E-state index contributed by atoms with van der Waals surface area (Å²) in [6, 6.07) is 10.1. The molecule has 1 aromatic heterocycles. The van der Waals surface area contributed by atoms with Gasteiger partial charge in [0, 0.05) is 25.2 Å². The fraction of sp³-hybridized carbons (Fsp3) is 0.333. The van der Waals surface area contributed by atoms with Crippen molar-refractivity contribution < 1.29 is 0 Å². The Hall–Kier alpha value is -1.68. The molecule has 1 aromatic carbocycles. The number of benzene rings is 1. The summed E-state index contributed by atoms with van der Waals surface area (Å²) in [5.41, 5.74) is 7.92. The molecule has 0 aliphatic rings. The van der Waals surface area contributed by atoms with Crippen LogP contribution < -0.4 is 5.73 Å². The zero-order valence-electron chi connectivity index (χ0n) is 9.59. The summed E-state index contributed by atoms with van der Waals surface area (Å²) >= 11 is 0. The molecule has 4 nitrogen and oxygen atoms in total. The van der Waals surface area contributed by atoms with Crippen LogP contribution in [0.3, 0.4) is 0 Å². The molecule has 16 heavy (non-hydrogen) atoms. The Morgan fingerprint density at radius 3 is 2.56 bits per heavy atom. The quantitative estimate of drug-likeness (QED) is 0.839. The number of rotatable bonds is 3. The molecule has 0 saturated carbocycles. The van der Waals surface area contributed by atoms with Crippen LogP contribution in [-0.2, 0) is 19.0 Å². The van der Waals surface area contributed by atoms with E-state index < -0.39 is 5.54 Å². The lowest BCUT2D eigenvalue weighted by molar-refractivity contribution is 0.485. The van der Waals surface area contributed by atoms with Crippen LogP contribution >= 0.6 is 0 Å². The third-order valence-electron chi connectivity index (χ3n) is 2.63. The van der Waals surface area contributed by atoms with Gasteiger partial charge in [-0.1, -0.05) is 35.5 Å². The molecule has 1 unspecified atom stereocenters. The van der Waals surface area contributed by atoms with E-state index in [4.69, 9.17) is 5.73 Å². The van der Waals surface area contributed by atoms with E-state index in [1.807, 2.05) is 50.5 Å². The van der Waals surface area contributed by atoms with Crippen LogP contribution in [-0.4, -0.2) is 15.0 Å². The Bertz CT molecular complexity index is 459. The van der Waals surface area contributed by atoms with Crippen LogP contribution in [0.5, 0.6) is 0 Å². The molecule has 0 saturated heterocycles. The molecule has 0 spiro atoms. The molecule has 4 heteroatoms. The highest BCUT2D eigenvalue weighted by atomic mass is 15.4. The third-order valence-corrected chi connectivity index (χ3v) is 2.63. The van der Waals surface area contributed by atoms with Gasteiger partial charge in [-0.05, 0) is 12.5 Å². The Kier molecular flexibility index (Phi) is 2.75. The topological polar surface area (TPSA) is 56.7 Å². The first-order chi connectivity index (χ1) is 7.58. The van der Waals surface area contributed by atoms with Crippen molar-refractivity contribution in [3.63, 3.8) is 0 Å². The number of hydrogen-bond acceptors (Lipinski definition) is 3. The molecule has 2 N–H and O–H groups in total. The van der Waals surface area contributed by atoms with Gasteiger partial charge in [0.2, 0.25) is 0 Å². The van der Waals surface area contributed by atoms with E-state index in [9.17, 15) is 0 Å². The van der Waals surface area contributed by atoms with Crippen LogP contribution in [0, 0.1) is 0 Å². The molecule has 0 fully saturated rings. The average molecular weight is 216 g/mol. The minimum Gasteiger partial charge on any atom is -0.321 e. The summed E-state index contributed by atoms with van der Waals surface area (Å²) < 4.78 is 1.69. The third kappa shape index (κ3) is 2.28. The fourth-order valence-corrected chi connectivity index (χ4v) is 1.77. The van der Waals surface area contributed by atoms with Gasteiger partial charge in [-0.3, -0.25) is 4.68 Å². The first-order valence-electron chi connectivity index (χ1n) is 5.27. The van der Waals surface area contributed by atoms with E-state index >= 15 is 0 Å². The standard InChI is InChI=1S/C12H16N4/c1-12(13,10-6-4-3-5-7-10)8-11-9-16(2)15-14-11/h3-7,9H,8,13H2,1-2H3. The van der Waals surface area contributed by atoms with Crippen LogP contribution in [0.2, 0.25) is 0 Å². The second kappa shape index (κ2) is 4.06. The molecule has 0 radical (unpaired) electrons. The van der Waals surface area contributed by atoms with Crippen molar-refractivity contribution in [2.45, 2.75) is 18.9 Å². The maximum Gasteiger partial charge on any atom is 0.0848 e. The van der Waals surface area contributed by atoms with Gasteiger partial charge in [-0.2, -0.15) is 0 Å². The second-order valence-electron chi connectivity index (χ2n) is 4.34. The van der Waals surface area contributed by atoms with Crippen molar-refractivity contribution in [1.29, 1.82) is 0 Å². The second-order valence-corrected chi connectivity index (χ2v) is 4.34. The fourth-order valence-electron chi connectivity index (χ4n) is 1.77. The predicted molar refractivity (Wildman–Crippen MR) is 62.7 cm³/mol. The molecule has 84 valence electrons. The van der Waals surface area contributed by atoms with Crippen molar-refractivity contribution in [3.8, 4) is 0 Å². The molecular formula is C12H16N4.